The van der Waals surface area contributed by atoms with Gasteiger partial charge in [0.25, 0.3) is 0 Å². The number of rotatable bonds is 5. The molecule has 0 bridgehead atoms. The number of aromatic nitrogens is 2. The molecule has 1 atom stereocenters. The molecule has 1 aliphatic heterocycles. The number of pyridine rings is 1. The predicted octanol–water partition coefficient (Wildman–Crippen LogP) is 9.15. The summed E-state index contributed by atoms with van der Waals surface area (Å²) in [5.74, 6) is 2.37. The Hall–Kier alpha value is -4.14. The van der Waals surface area contributed by atoms with Gasteiger partial charge in [0.05, 0.1) is 0 Å². The molecule has 212 valence electrons. The molecule has 4 aromatic carbocycles. The molecule has 2 aromatic heterocycles. The fourth-order valence-electron chi connectivity index (χ4n) is 5.43. The normalized spacial score (nSPS) is 14.8. The van der Waals surface area contributed by atoms with E-state index in [1.165, 1.54) is 11.1 Å². The molecule has 5 heteroatoms. The maximum absolute atomic E-state index is 6.35. The zero-order valence-electron chi connectivity index (χ0n) is 23.7. The van der Waals surface area contributed by atoms with Crippen molar-refractivity contribution in [3.05, 3.63) is 145 Å². The topological polar surface area (TPSA) is 30.3 Å². The van der Waals surface area contributed by atoms with Crippen molar-refractivity contribution in [1.29, 1.82) is 0 Å². The minimum absolute atomic E-state index is 0. The molecule has 0 fully saturated rings. The van der Waals surface area contributed by atoms with Crippen molar-refractivity contribution >= 4 is 27.5 Å². The number of hydrogen-bond donors (Lipinski definition) is 0. The van der Waals surface area contributed by atoms with Crippen molar-refractivity contribution in [2.75, 3.05) is 4.90 Å². The Balaban J connectivity index is 0.00000316. The Kier molecular flexibility index (Phi) is 7.51. The number of hydrogen-bond acceptors (Lipinski definition) is 3. The first-order valence-electron chi connectivity index (χ1n) is 13.9. The molecule has 6 aromatic rings. The van der Waals surface area contributed by atoms with Gasteiger partial charge in [0.1, 0.15) is 5.82 Å². The van der Waals surface area contributed by atoms with Gasteiger partial charge in [-0.1, -0.05) is 86.5 Å². The van der Waals surface area contributed by atoms with E-state index in [0.29, 0.717) is 11.5 Å². The first-order valence-corrected chi connectivity index (χ1v) is 13.9. The second-order valence-electron chi connectivity index (χ2n) is 11.4. The molecule has 0 spiro atoms. The quantitative estimate of drug-likeness (QED) is 0.166. The van der Waals surface area contributed by atoms with Crippen molar-refractivity contribution in [2.45, 2.75) is 32.1 Å². The molecule has 0 amide bonds. The number of fused-ring (bicyclic) bond motifs is 3. The van der Waals surface area contributed by atoms with Crippen LogP contribution in [0.25, 0.3) is 27.6 Å². The first-order chi connectivity index (χ1) is 19.9. The van der Waals surface area contributed by atoms with Crippen LogP contribution in [0.1, 0.15) is 37.8 Å². The zero-order valence-corrected chi connectivity index (χ0v) is 26.0. The summed E-state index contributed by atoms with van der Waals surface area (Å²) in [6.45, 7) is 8.86. The van der Waals surface area contributed by atoms with Gasteiger partial charge in [-0.15, -0.1) is 47.3 Å². The van der Waals surface area contributed by atoms with E-state index >= 15 is 0 Å². The first kappa shape index (κ1) is 28.0. The predicted molar refractivity (Wildman–Crippen MR) is 167 cm³/mol. The Morgan fingerprint density at radius 3 is 2.43 bits per heavy atom. The van der Waals surface area contributed by atoms with Crippen LogP contribution in [0.3, 0.4) is 0 Å². The number of nitrogens with zero attached hydrogens (tertiary/aromatic N) is 3. The molecule has 1 unspecified atom stereocenters. The Morgan fingerprint density at radius 1 is 0.810 bits per heavy atom. The summed E-state index contributed by atoms with van der Waals surface area (Å²) in [7, 11) is 0. The maximum atomic E-state index is 6.35. The molecule has 1 aliphatic rings. The molecule has 0 saturated carbocycles. The van der Waals surface area contributed by atoms with Gasteiger partial charge in [0.15, 0.2) is 0 Å². The van der Waals surface area contributed by atoms with Crippen molar-refractivity contribution < 1.29 is 25.8 Å². The van der Waals surface area contributed by atoms with E-state index in [2.05, 4.69) is 128 Å². The van der Waals surface area contributed by atoms with E-state index in [0.717, 1.165) is 33.3 Å². The van der Waals surface area contributed by atoms with Crippen LogP contribution in [0, 0.1) is 18.7 Å². The second-order valence-corrected chi connectivity index (χ2v) is 11.4. The molecule has 42 heavy (non-hydrogen) atoms. The molecular formula is C37H30N3OPt-3. The van der Waals surface area contributed by atoms with E-state index in [1.807, 2.05) is 36.5 Å². The standard InChI is InChI=1S/C37H30N3O.Pt/c1-37(2,3)28-18-20-38-36(22-28)40-34-15-8-7-14-32(34)33-17-16-31(24-35(33)40)41-30-13-9-12-29(23-30)39-21-19-27(25-39)26-10-5-4-6-11-26;/h4-22,25,27H,1-3H3;/q-3;. The fourth-order valence-corrected chi connectivity index (χ4v) is 5.43. The van der Waals surface area contributed by atoms with Gasteiger partial charge in [0, 0.05) is 44.3 Å². The maximum Gasteiger partial charge on any atom is 0.135 e. The van der Waals surface area contributed by atoms with Gasteiger partial charge in [-0.05, 0) is 40.8 Å². The summed E-state index contributed by atoms with van der Waals surface area (Å²) in [6.07, 6.45) is 6.17. The van der Waals surface area contributed by atoms with Crippen molar-refractivity contribution in [3.8, 4) is 17.3 Å². The van der Waals surface area contributed by atoms with Crippen LogP contribution in [-0.2, 0) is 26.5 Å². The second kappa shape index (κ2) is 11.3. The van der Waals surface area contributed by atoms with Crippen molar-refractivity contribution in [3.63, 3.8) is 0 Å². The molecule has 0 saturated heterocycles. The van der Waals surface area contributed by atoms with Crippen LogP contribution >= 0.6 is 0 Å². The summed E-state index contributed by atoms with van der Waals surface area (Å²) in [6, 6.07) is 40.2. The molecule has 3 heterocycles. The monoisotopic (exact) mass is 727 g/mol. The van der Waals surface area contributed by atoms with E-state index in [1.54, 1.807) is 0 Å². The van der Waals surface area contributed by atoms with Gasteiger partial charge >= 0.3 is 0 Å². The largest absolute Gasteiger partial charge is 0.520 e. The van der Waals surface area contributed by atoms with Crippen LogP contribution < -0.4 is 9.64 Å². The SMILES string of the molecule is CC(C)(C)c1ccnc(-n2c3[c-]c(Oc4[c-]c(N5C=CC(c6ccccc6)[CH-]5)ccc4)ccc3c3ccccc32)c1.[Pt]. The van der Waals surface area contributed by atoms with Crippen LogP contribution in [0.4, 0.5) is 5.69 Å². The third-order valence-electron chi connectivity index (χ3n) is 7.61. The summed E-state index contributed by atoms with van der Waals surface area (Å²) >= 11 is 0. The average Bonchev–Trinajstić information content (AvgIpc) is 3.61. The molecule has 0 N–H and O–H groups in total. The average molecular weight is 728 g/mol. The fraction of sp³-hybridized carbons (Fsp3) is 0.135. The van der Waals surface area contributed by atoms with Crippen molar-refractivity contribution in [1.82, 2.24) is 9.55 Å². The summed E-state index contributed by atoms with van der Waals surface area (Å²) in [5.41, 5.74) is 5.45. The Labute approximate surface area is 261 Å². The van der Waals surface area contributed by atoms with Gasteiger partial charge in [0.2, 0.25) is 0 Å². The molecule has 0 aliphatic carbocycles. The number of anilines is 1. The van der Waals surface area contributed by atoms with Gasteiger partial charge in [-0.3, -0.25) is 0 Å². The summed E-state index contributed by atoms with van der Waals surface area (Å²) in [5, 5.41) is 2.27. The number of para-hydroxylation sites is 1. The minimum atomic E-state index is 0. The van der Waals surface area contributed by atoms with E-state index in [-0.39, 0.29) is 32.4 Å². The Morgan fingerprint density at radius 2 is 1.60 bits per heavy atom. The van der Waals surface area contributed by atoms with Crippen LogP contribution in [0.15, 0.2) is 116 Å². The van der Waals surface area contributed by atoms with E-state index in [9.17, 15) is 0 Å². The van der Waals surface area contributed by atoms with Gasteiger partial charge in [-0.2, -0.15) is 12.1 Å². The van der Waals surface area contributed by atoms with Gasteiger partial charge in [-0.25, -0.2) is 11.5 Å². The minimum Gasteiger partial charge on any atom is -0.520 e. The molecule has 7 rings (SSSR count). The molecular weight excluding hydrogens is 698 g/mol. The van der Waals surface area contributed by atoms with E-state index in [4.69, 9.17) is 9.72 Å². The number of benzene rings is 4. The van der Waals surface area contributed by atoms with Gasteiger partial charge < -0.3 is 14.2 Å². The smallest absolute Gasteiger partial charge is 0.135 e. The van der Waals surface area contributed by atoms with Crippen LogP contribution in [-0.4, -0.2) is 9.55 Å². The van der Waals surface area contributed by atoms with E-state index < -0.39 is 0 Å². The number of ether oxygens (including phenoxy) is 1. The molecule has 4 nitrogen and oxygen atoms in total. The summed E-state index contributed by atoms with van der Waals surface area (Å²) < 4.78 is 8.53. The molecule has 0 radical (unpaired) electrons. The summed E-state index contributed by atoms with van der Waals surface area (Å²) in [4.78, 5) is 6.87. The van der Waals surface area contributed by atoms with Crippen LogP contribution in [0.2, 0.25) is 0 Å². The zero-order chi connectivity index (χ0) is 28.0. The third kappa shape index (κ3) is 5.28. The van der Waals surface area contributed by atoms with Crippen LogP contribution in [0.5, 0.6) is 11.5 Å². The third-order valence-corrected chi connectivity index (χ3v) is 7.61. The Bertz CT molecular complexity index is 1900. The van der Waals surface area contributed by atoms with Crippen molar-refractivity contribution in [2.24, 2.45) is 0 Å².